The minimum absolute atomic E-state index is 0.100. The van der Waals surface area contributed by atoms with Gasteiger partial charge in [0.2, 0.25) is 0 Å². The molecule has 0 aromatic heterocycles. The topological polar surface area (TPSA) is 21.7 Å². The summed E-state index contributed by atoms with van der Waals surface area (Å²) in [5, 5.41) is 0. The average molecular weight is 193 g/mol. The van der Waals surface area contributed by atoms with E-state index in [2.05, 4.69) is 18.2 Å². The van der Waals surface area contributed by atoms with E-state index in [1.165, 1.54) is 0 Å². The van der Waals surface area contributed by atoms with Crippen LogP contribution in [0.2, 0.25) is 0 Å². The summed E-state index contributed by atoms with van der Waals surface area (Å²) in [4.78, 5) is 2.20. The van der Waals surface area contributed by atoms with Gasteiger partial charge in [-0.3, -0.25) is 0 Å². The van der Waals surface area contributed by atoms with Crippen molar-refractivity contribution in [1.82, 2.24) is 4.90 Å². The predicted octanol–water partition coefficient (Wildman–Crippen LogP) is 0.900. The van der Waals surface area contributed by atoms with Crippen molar-refractivity contribution in [3.05, 3.63) is 0 Å². The number of hydrogen-bond acceptors (Lipinski definition) is 4. The van der Waals surface area contributed by atoms with Crippen LogP contribution in [-0.4, -0.2) is 57.6 Å². The van der Waals surface area contributed by atoms with E-state index in [-0.39, 0.29) is 6.29 Å². The fraction of sp³-hybridized carbons (Fsp3) is 1.00. The second kappa shape index (κ2) is 7.86. The molecule has 0 fully saturated rings. The first-order chi connectivity index (χ1) is 5.74. The molecule has 12 heavy (non-hydrogen) atoms. The Kier molecular flexibility index (Phi) is 8.01. The van der Waals surface area contributed by atoms with Crippen LogP contribution < -0.4 is 0 Å². The molecular weight excluding hydrogens is 174 g/mol. The van der Waals surface area contributed by atoms with E-state index in [0.717, 1.165) is 18.8 Å². The van der Waals surface area contributed by atoms with Crippen molar-refractivity contribution in [3.8, 4) is 0 Å². The lowest BCUT2D eigenvalue weighted by Gasteiger charge is -2.21. The number of ether oxygens (including phenoxy) is 2. The van der Waals surface area contributed by atoms with Crippen molar-refractivity contribution in [3.63, 3.8) is 0 Å². The standard InChI is InChI=1S/C8H19NO2S/c1-9(5-6-12-4)7-8(10-2)11-3/h8H,5-7H2,1-4H3. The Morgan fingerprint density at radius 2 is 1.92 bits per heavy atom. The molecule has 0 aromatic rings. The summed E-state index contributed by atoms with van der Waals surface area (Å²) in [7, 11) is 5.40. The van der Waals surface area contributed by atoms with Crippen LogP contribution in [0.3, 0.4) is 0 Å². The number of likely N-dealkylation sites (N-methyl/N-ethyl adjacent to an activating group) is 1. The molecule has 0 aliphatic heterocycles. The van der Waals surface area contributed by atoms with Gasteiger partial charge in [0, 0.05) is 33.1 Å². The van der Waals surface area contributed by atoms with Crippen LogP contribution in [0.5, 0.6) is 0 Å². The molecule has 4 heteroatoms. The molecule has 0 atom stereocenters. The molecule has 0 unspecified atom stereocenters. The van der Waals surface area contributed by atoms with E-state index < -0.39 is 0 Å². The minimum atomic E-state index is -0.100. The normalized spacial score (nSPS) is 11.5. The minimum Gasteiger partial charge on any atom is -0.355 e. The Balaban J connectivity index is 3.44. The van der Waals surface area contributed by atoms with Crippen LogP contribution in [0.4, 0.5) is 0 Å². The smallest absolute Gasteiger partial charge is 0.169 e. The van der Waals surface area contributed by atoms with Crippen LogP contribution in [0.15, 0.2) is 0 Å². The summed E-state index contributed by atoms with van der Waals surface area (Å²) in [5.41, 5.74) is 0. The first-order valence-corrected chi connectivity index (χ1v) is 5.37. The summed E-state index contributed by atoms with van der Waals surface area (Å²) < 4.78 is 10.2. The highest BCUT2D eigenvalue weighted by atomic mass is 32.2. The van der Waals surface area contributed by atoms with Gasteiger partial charge in [-0.25, -0.2) is 0 Å². The highest BCUT2D eigenvalue weighted by Gasteiger charge is 2.07. The molecule has 0 aliphatic carbocycles. The van der Waals surface area contributed by atoms with Crippen LogP contribution >= 0.6 is 11.8 Å². The maximum Gasteiger partial charge on any atom is 0.169 e. The summed E-state index contributed by atoms with van der Waals surface area (Å²) in [5.74, 6) is 1.15. The number of methoxy groups -OCH3 is 2. The quantitative estimate of drug-likeness (QED) is 0.560. The molecule has 3 nitrogen and oxygen atoms in total. The molecule has 0 aliphatic rings. The van der Waals surface area contributed by atoms with Gasteiger partial charge in [-0.05, 0) is 13.3 Å². The molecule has 0 saturated carbocycles. The molecule has 0 aromatic carbocycles. The Hall–Kier alpha value is 0.230. The Morgan fingerprint density at radius 1 is 1.33 bits per heavy atom. The van der Waals surface area contributed by atoms with Crippen molar-refractivity contribution in [1.29, 1.82) is 0 Å². The molecule has 0 heterocycles. The zero-order chi connectivity index (χ0) is 9.40. The van der Waals surface area contributed by atoms with Crippen molar-refractivity contribution in [2.75, 3.05) is 46.4 Å². The first kappa shape index (κ1) is 12.2. The van der Waals surface area contributed by atoms with E-state index >= 15 is 0 Å². The molecule has 74 valence electrons. The molecule has 0 spiro atoms. The van der Waals surface area contributed by atoms with Gasteiger partial charge in [-0.2, -0.15) is 11.8 Å². The lowest BCUT2D eigenvalue weighted by Crippen LogP contribution is -2.33. The van der Waals surface area contributed by atoms with Crippen LogP contribution in [0.25, 0.3) is 0 Å². The van der Waals surface area contributed by atoms with Gasteiger partial charge in [-0.15, -0.1) is 0 Å². The monoisotopic (exact) mass is 193 g/mol. The number of hydrogen-bond donors (Lipinski definition) is 0. The summed E-state index contributed by atoms with van der Waals surface area (Å²) in [6.07, 6.45) is 2.01. The number of rotatable bonds is 7. The summed E-state index contributed by atoms with van der Waals surface area (Å²) in [6, 6.07) is 0. The zero-order valence-corrected chi connectivity index (χ0v) is 9.19. The molecular formula is C8H19NO2S. The predicted molar refractivity (Wildman–Crippen MR) is 53.7 cm³/mol. The van der Waals surface area contributed by atoms with Gasteiger partial charge < -0.3 is 14.4 Å². The SMILES string of the molecule is COC(CN(C)CCSC)OC. The second-order valence-electron chi connectivity index (χ2n) is 2.66. The fourth-order valence-electron chi connectivity index (χ4n) is 0.838. The summed E-state index contributed by atoms with van der Waals surface area (Å²) in [6.45, 7) is 1.90. The molecule has 0 bridgehead atoms. The highest BCUT2D eigenvalue weighted by Crippen LogP contribution is 1.97. The molecule has 0 N–H and O–H groups in total. The fourth-order valence-corrected chi connectivity index (χ4v) is 1.33. The molecule has 0 radical (unpaired) electrons. The van der Waals surface area contributed by atoms with Gasteiger partial charge in [0.15, 0.2) is 6.29 Å². The maximum atomic E-state index is 5.08. The zero-order valence-electron chi connectivity index (χ0n) is 8.37. The van der Waals surface area contributed by atoms with E-state index in [4.69, 9.17) is 9.47 Å². The van der Waals surface area contributed by atoms with Gasteiger partial charge in [-0.1, -0.05) is 0 Å². The lowest BCUT2D eigenvalue weighted by molar-refractivity contribution is -0.113. The van der Waals surface area contributed by atoms with Gasteiger partial charge in [0.1, 0.15) is 0 Å². The van der Waals surface area contributed by atoms with Crippen LogP contribution in [0.1, 0.15) is 0 Å². The Labute approximate surface area is 79.4 Å². The average Bonchev–Trinajstić information content (AvgIpc) is 2.10. The number of nitrogens with zero attached hydrogens (tertiary/aromatic N) is 1. The Bertz CT molecular complexity index is 99.1. The van der Waals surface area contributed by atoms with Crippen molar-refractivity contribution >= 4 is 11.8 Å². The molecule has 0 amide bonds. The first-order valence-electron chi connectivity index (χ1n) is 3.97. The third-order valence-electron chi connectivity index (χ3n) is 1.66. The number of thioether (sulfide) groups is 1. The van der Waals surface area contributed by atoms with Crippen molar-refractivity contribution in [2.24, 2.45) is 0 Å². The third kappa shape index (κ3) is 5.83. The van der Waals surface area contributed by atoms with Gasteiger partial charge >= 0.3 is 0 Å². The highest BCUT2D eigenvalue weighted by molar-refractivity contribution is 7.98. The van der Waals surface area contributed by atoms with Gasteiger partial charge in [0.05, 0.1) is 0 Å². The van der Waals surface area contributed by atoms with Crippen molar-refractivity contribution < 1.29 is 9.47 Å². The van der Waals surface area contributed by atoms with Crippen LogP contribution in [-0.2, 0) is 9.47 Å². The lowest BCUT2D eigenvalue weighted by atomic mass is 10.5. The van der Waals surface area contributed by atoms with E-state index in [9.17, 15) is 0 Å². The van der Waals surface area contributed by atoms with E-state index in [0.29, 0.717) is 0 Å². The van der Waals surface area contributed by atoms with E-state index in [1.54, 1.807) is 14.2 Å². The largest absolute Gasteiger partial charge is 0.355 e. The summed E-state index contributed by atoms with van der Waals surface area (Å²) >= 11 is 1.85. The Morgan fingerprint density at radius 3 is 2.33 bits per heavy atom. The molecule has 0 rings (SSSR count). The van der Waals surface area contributed by atoms with Gasteiger partial charge in [0.25, 0.3) is 0 Å². The second-order valence-corrected chi connectivity index (χ2v) is 3.64. The third-order valence-corrected chi connectivity index (χ3v) is 2.25. The van der Waals surface area contributed by atoms with E-state index in [1.807, 2.05) is 11.8 Å². The van der Waals surface area contributed by atoms with Crippen LogP contribution in [0, 0.1) is 0 Å². The van der Waals surface area contributed by atoms with Crippen molar-refractivity contribution in [2.45, 2.75) is 6.29 Å². The molecule has 0 saturated heterocycles. The maximum absolute atomic E-state index is 5.08.